The Labute approximate surface area is 161 Å². The molecule has 0 saturated carbocycles. The summed E-state index contributed by atoms with van der Waals surface area (Å²) < 4.78 is 31.3. The molecule has 2 rings (SSSR count). The number of amides is 2. The third kappa shape index (κ3) is 5.48. The van der Waals surface area contributed by atoms with Crippen LogP contribution in [0.25, 0.3) is 0 Å². The molecule has 152 valence electrons. The van der Waals surface area contributed by atoms with E-state index in [9.17, 15) is 23.5 Å². The molecule has 4 N–H and O–H groups in total. The third-order valence-electron chi connectivity index (χ3n) is 4.46. The van der Waals surface area contributed by atoms with Gasteiger partial charge in [-0.1, -0.05) is 11.8 Å². The zero-order valence-electron chi connectivity index (χ0n) is 15.2. The van der Waals surface area contributed by atoms with Gasteiger partial charge >= 0.3 is 0 Å². The minimum atomic E-state index is -3.34. The Kier molecular flexibility index (Phi) is 7.45. The van der Waals surface area contributed by atoms with Gasteiger partial charge in [-0.3, -0.25) is 14.8 Å². The lowest BCUT2D eigenvalue weighted by atomic mass is 9.95. The molecule has 1 aromatic rings. The minimum Gasteiger partial charge on any atom is -0.381 e. The molecule has 2 unspecified atom stereocenters. The molecule has 0 spiro atoms. The lowest BCUT2D eigenvalue weighted by Crippen LogP contribution is -2.61. The van der Waals surface area contributed by atoms with Crippen LogP contribution in [-0.2, 0) is 9.53 Å². The van der Waals surface area contributed by atoms with Crippen molar-refractivity contribution in [3.8, 4) is 11.8 Å². The van der Waals surface area contributed by atoms with E-state index >= 15 is 0 Å². The standard InChI is InChI=1S/C19H22F2N2O5/c1-19(26,18(20)21)15(17(25)23-27)22-16(24)14-6-4-12(5-7-14)2-3-13-8-10-28-11-9-13/h4-7,13,15,18,26-27H,8-11H2,1H3,(H,22,24)(H,23,25). The molecule has 1 saturated heterocycles. The molecule has 2 amide bonds. The summed E-state index contributed by atoms with van der Waals surface area (Å²) in [6, 6.07) is 3.97. The summed E-state index contributed by atoms with van der Waals surface area (Å²) in [4.78, 5) is 23.9. The number of nitrogens with one attached hydrogen (secondary N) is 2. The molecule has 1 fully saturated rings. The van der Waals surface area contributed by atoms with Crippen molar-refractivity contribution in [3.63, 3.8) is 0 Å². The fraction of sp³-hybridized carbons (Fsp3) is 0.474. The highest BCUT2D eigenvalue weighted by atomic mass is 19.3. The van der Waals surface area contributed by atoms with Crippen LogP contribution >= 0.6 is 0 Å². The fourth-order valence-electron chi connectivity index (χ4n) is 2.61. The van der Waals surface area contributed by atoms with Crippen molar-refractivity contribution in [2.75, 3.05) is 13.2 Å². The van der Waals surface area contributed by atoms with Crippen molar-refractivity contribution in [1.82, 2.24) is 10.8 Å². The molecular weight excluding hydrogens is 374 g/mol. The predicted octanol–water partition coefficient (Wildman–Crippen LogP) is 1.08. The second-order valence-corrected chi connectivity index (χ2v) is 6.64. The van der Waals surface area contributed by atoms with Gasteiger partial charge in [0.05, 0.1) is 0 Å². The fourth-order valence-corrected chi connectivity index (χ4v) is 2.61. The number of carbonyl (C=O) groups is 2. The van der Waals surface area contributed by atoms with E-state index in [0.717, 1.165) is 12.8 Å². The summed E-state index contributed by atoms with van der Waals surface area (Å²) in [5.74, 6) is 4.19. The molecule has 0 aromatic heterocycles. The normalized spacial score (nSPS) is 17.8. The molecule has 2 atom stereocenters. The third-order valence-corrected chi connectivity index (χ3v) is 4.46. The largest absolute Gasteiger partial charge is 0.381 e. The van der Waals surface area contributed by atoms with Crippen molar-refractivity contribution in [1.29, 1.82) is 0 Å². The predicted molar refractivity (Wildman–Crippen MR) is 94.7 cm³/mol. The Bertz CT molecular complexity index is 750. The molecule has 9 heteroatoms. The van der Waals surface area contributed by atoms with Gasteiger partial charge in [0.1, 0.15) is 6.04 Å². The topological polar surface area (TPSA) is 108 Å². The number of benzene rings is 1. The van der Waals surface area contributed by atoms with Crippen LogP contribution in [0, 0.1) is 17.8 Å². The summed E-state index contributed by atoms with van der Waals surface area (Å²) in [7, 11) is 0. The summed E-state index contributed by atoms with van der Waals surface area (Å²) in [6.07, 6.45) is -1.60. The highest BCUT2D eigenvalue weighted by Crippen LogP contribution is 2.20. The Morgan fingerprint density at radius 1 is 1.25 bits per heavy atom. The van der Waals surface area contributed by atoms with Gasteiger partial charge in [-0.25, -0.2) is 14.3 Å². The molecule has 0 bridgehead atoms. The zero-order chi connectivity index (χ0) is 20.7. The van der Waals surface area contributed by atoms with E-state index in [0.29, 0.717) is 25.7 Å². The zero-order valence-corrected chi connectivity index (χ0v) is 15.2. The number of hydrogen-bond acceptors (Lipinski definition) is 5. The van der Waals surface area contributed by atoms with Crippen LogP contribution in [0.3, 0.4) is 0 Å². The first kappa shape index (κ1) is 21.8. The Morgan fingerprint density at radius 2 is 1.86 bits per heavy atom. The number of carbonyl (C=O) groups excluding carboxylic acids is 2. The summed E-state index contributed by atoms with van der Waals surface area (Å²) in [6.45, 7) is 2.06. The van der Waals surface area contributed by atoms with Gasteiger partial charge in [0.2, 0.25) is 0 Å². The Balaban J connectivity index is 2.08. The Hall–Kier alpha value is -2.54. The second-order valence-electron chi connectivity index (χ2n) is 6.64. The van der Waals surface area contributed by atoms with Crippen LogP contribution in [0.15, 0.2) is 24.3 Å². The number of aliphatic hydroxyl groups is 1. The second kappa shape index (κ2) is 9.59. The van der Waals surface area contributed by atoms with Gasteiger partial charge in [0, 0.05) is 30.3 Å². The van der Waals surface area contributed by atoms with Crippen LogP contribution in [-0.4, -0.2) is 53.4 Å². The maximum atomic E-state index is 13.0. The van der Waals surface area contributed by atoms with Crippen molar-refractivity contribution in [3.05, 3.63) is 35.4 Å². The molecule has 1 aromatic carbocycles. The monoisotopic (exact) mass is 396 g/mol. The number of alkyl halides is 2. The first-order valence-corrected chi connectivity index (χ1v) is 8.70. The van der Waals surface area contributed by atoms with Crippen molar-refractivity contribution >= 4 is 11.8 Å². The van der Waals surface area contributed by atoms with E-state index in [2.05, 4.69) is 11.8 Å². The summed E-state index contributed by atoms with van der Waals surface area (Å²) >= 11 is 0. The summed E-state index contributed by atoms with van der Waals surface area (Å²) in [5.41, 5.74) is -0.957. The summed E-state index contributed by atoms with van der Waals surface area (Å²) in [5, 5.41) is 20.5. The van der Waals surface area contributed by atoms with Crippen molar-refractivity contribution in [2.45, 2.75) is 37.8 Å². The van der Waals surface area contributed by atoms with Crippen LogP contribution in [0.1, 0.15) is 35.7 Å². The van der Waals surface area contributed by atoms with Gasteiger partial charge in [0.15, 0.2) is 5.60 Å². The lowest BCUT2D eigenvalue weighted by molar-refractivity contribution is -0.149. The molecular formula is C19H22F2N2O5. The molecule has 1 aliphatic rings. The van der Waals surface area contributed by atoms with Crippen LogP contribution in [0.4, 0.5) is 8.78 Å². The number of rotatable bonds is 5. The highest BCUT2D eigenvalue weighted by Gasteiger charge is 2.46. The van der Waals surface area contributed by atoms with Gasteiger partial charge in [-0.05, 0) is 44.0 Å². The van der Waals surface area contributed by atoms with Gasteiger partial charge in [-0.15, -0.1) is 0 Å². The number of hydroxylamine groups is 1. The molecule has 0 aliphatic carbocycles. The molecule has 1 aliphatic heterocycles. The minimum absolute atomic E-state index is 0.0809. The van der Waals surface area contributed by atoms with Gasteiger partial charge in [-0.2, -0.15) is 0 Å². The van der Waals surface area contributed by atoms with Crippen LogP contribution in [0.5, 0.6) is 0 Å². The van der Waals surface area contributed by atoms with E-state index in [1.165, 1.54) is 17.6 Å². The quantitative estimate of drug-likeness (QED) is 0.339. The number of hydrogen-bond donors (Lipinski definition) is 4. The number of halogens is 2. The van der Waals surface area contributed by atoms with Crippen LogP contribution < -0.4 is 10.8 Å². The van der Waals surface area contributed by atoms with E-state index in [1.54, 1.807) is 12.1 Å². The van der Waals surface area contributed by atoms with E-state index in [4.69, 9.17) is 9.94 Å². The molecule has 7 nitrogen and oxygen atoms in total. The van der Waals surface area contributed by atoms with E-state index in [1.807, 2.05) is 5.32 Å². The Morgan fingerprint density at radius 3 is 2.39 bits per heavy atom. The highest BCUT2D eigenvalue weighted by molar-refractivity contribution is 5.97. The van der Waals surface area contributed by atoms with Crippen molar-refractivity contribution in [2.24, 2.45) is 5.92 Å². The molecule has 0 radical (unpaired) electrons. The average Bonchev–Trinajstić information content (AvgIpc) is 2.70. The van der Waals surface area contributed by atoms with E-state index in [-0.39, 0.29) is 11.5 Å². The van der Waals surface area contributed by atoms with E-state index < -0.39 is 29.9 Å². The molecule has 28 heavy (non-hydrogen) atoms. The maximum Gasteiger partial charge on any atom is 0.269 e. The maximum absolute atomic E-state index is 13.0. The van der Waals surface area contributed by atoms with Crippen LogP contribution in [0.2, 0.25) is 0 Å². The van der Waals surface area contributed by atoms with Crippen molar-refractivity contribution < 1.29 is 33.4 Å². The SMILES string of the molecule is CC(O)(C(F)F)C(NC(=O)c1ccc(C#CC2CCOCC2)cc1)C(=O)NO. The van der Waals surface area contributed by atoms with Gasteiger partial charge < -0.3 is 15.2 Å². The van der Waals surface area contributed by atoms with Gasteiger partial charge in [0.25, 0.3) is 18.2 Å². The number of ether oxygens (including phenoxy) is 1. The first-order chi connectivity index (χ1) is 13.3. The lowest BCUT2D eigenvalue weighted by Gasteiger charge is -2.30. The first-order valence-electron chi connectivity index (χ1n) is 8.70. The average molecular weight is 396 g/mol. The molecule has 1 heterocycles. The smallest absolute Gasteiger partial charge is 0.269 e.